The van der Waals surface area contributed by atoms with Crippen LogP contribution in [-0.4, -0.2) is 26.4 Å². The van der Waals surface area contributed by atoms with E-state index in [2.05, 4.69) is 0 Å². The van der Waals surface area contributed by atoms with E-state index < -0.39 is 0 Å². The number of ether oxygens (including phenoxy) is 2. The molecule has 4 heteroatoms. The Hall–Kier alpha value is -1.13. The van der Waals surface area contributed by atoms with Crippen molar-refractivity contribution >= 4 is 0 Å². The molecular formula is C13H20FNO2. The fraction of sp³-hybridized carbons (Fsp3) is 0.538. The second-order valence-electron chi connectivity index (χ2n) is 4.17. The normalized spacial score (nSPS) is 12.5. The van der Waals surface area contributed by atoms with E-state index in [0.29, 0.717) is 25.4 Å². The summed E-state index contributed by atoms with van der Waals surface area (Å²) in [6.45, 7) is 3.06. The maximum Gasteiger partial charge on any atom is 0.127 e. The van der Waals surface area contributed by atoms with Crippen molar-refractivity contribution in [3.8, 4) is 5.75 Å². The lowest BCUT2D eigenvalue weighted by Gasteiger charge is -2.10. The van der Waals surface area contributed by atoms with E-state index in [1.54, 1.807) is 7.11 Å². The van der Waals surface area contributed by atoms with Gasteiger partial charge in [-0.15, -0.1) is 0 Å². The molecule has 1 atom stereocenters. The quantitative estimate of drug-likeness (QED) is 0.744. The van der Waals surface area contributed by atoms with Crippen molar-refractivity contribution in [3.05, 3.63) is 29.6 Å². The highest BCUT2D eigenvalue weighted by Crippen LogP contribution is 2.17. The molecule has 3 nitrogen and oxygen atoms in total. The van der Waals surface area contributed by atoms with Gasteiger partial charge in [0.05, 0.1) is 6.61 Å². The van der Waals surface area contributed by atoms with E-state index in [9.17, 15) is 4.39 Å². The van der Waals surface area contributed by atoms with Gasteiger partial charge in [0.1, 0.15) is 11.6 Å². The van der Waals surface area contributed by atoms with Crippen molar-refractivity contribution in [2.75, 3.05) is 20.3 Å². The van der Waals surface area contributed by atoms with E-state index >= 15 is 0 Å². The summed E-state index contributed by atoms with van der Waals surface area (Å²) in [6, 6.07) is 4.72. The van der Waals surface area contributed by atoms with Gasteiger partial charge >= 0.3 is 0 Å². The van der Waals surface area contributed by atoms with Gasteiger partial charge < -0.3 is 15.2 Å². The molecule has 96 valence electrons. The summed E-state index contributed by atoms with van der Waals surface area (Å²) in [5, 5.41) is 0. The second-order valence-corrected chi connectivity index (χ2v) is 4.17. The van der Waals surface area contributed by atoms with Crippen molar-refractivity contribution in [1.82, 2.24) is 0 Å². The van der Waals surface area contributed by atoms with Crippen LogP contribution in [0.2, 0.25) is 0 Å². The Morgan fingerprint density at radius 3 is 2.71 bits per heavy atom. The summed E-state index contributed by atoms with van der Waals surface area (Å²) in [6.07, 6.45) is 1.43. The van der Waals surface area contributed by atoms with Gasteiger partial charge in [-0.2, -0.15) is 0 Å². The first-order chi connectivity index (χ1) is 8.11. The first kappa shape index (κ1) is 13.9. The van der Waals surface area contributed by atoms with Gasteiger partial charge in [-0.25, -0.2) is 4.39 Å². The number of halogens is 1. The molecule has 1 rings (SSSR count). The molecule has 0 aromatic heterocycles. The van der Waals surface area contributed by atoms with Crippen LogP contribution < -0.4 is 10.5 Å². The van der Waals surface area contributed by atoms with Gasteiger partial charge in [-0.1, -0.05) is 0 Å². The van der Waals surface area contributed by atoms with Crippen LogP contribution >= 0.6 is 0 Å². The Morgan fingerprint density at radius 2 is 2.06 bits per heavy atom. The lowest BCUT2D eigenvalue weighted by atomic mass is 10.1. The molecule has 1 unspecified atom stereocenters. The predicted molar refractivity (Wildman–Crippen MR) is 65.7 cm³/mol. The molecule has 0 aliphatic rings. The third-order valence-electron chi connectivity index (χ3n) is 2.25. The minimum absolute atomic E-state index is 0.0122. The first-order valence-corrected chi connectivity index (χ1v) is 5.78. The summed E-state index contributed by atoms with van der Waals surface area (Å²) < 4.78 is 23.7. The van der Waals surface area contributed by atoms with E-state index in [-0.39, 0.29) is 11.9 Å². The Bertz CT molecular complexity index is 342. The molecule has 0 saturated heterocycles. The van der Waals surface area contributed by atoms with E-state index in [4.69, 9.17) is 15.2 Å². The van der Waals surface area contributed by atoms with Crippen LogP contribution in [0.1, 0.15) is 18.9 Å². The molecule has 0 radical (unpaired) electrons. The summed E-state index contributed by atoms with van der Waals surface area (Å²) >= 11 is 0. The number of nitrogens with two attached hydrogens (primary N) is 1. The minimum Gasteiger partial charge on any atom is -0.493 e. The van der Waals surface area contributed by atoms with Crippen LogP contribution in [0.4, 0.5) is 4.39 Å². The molecule has 0 aliphatic carbocycles. The summed E-state index contributed by atoms with van der Waals surface area (Å²) in [7, 11) is 1.64. The predicted octanol–water partition coefficient (Wildman–Crippen LogP) is 2.13. The molecule has 0 heterocycles. The average molecular weight is 241 g/mol. The van der Waals surface area contributed by atoms with Gasteiger partial charge in [-0.3, -0.25) is 0 Å². The average Bonchev–Trinajstić information content (AvgIpc) is 2.22. The van der Waals surface area contributed by atoms with Gasteiger partial charge in [0.15, 0.2) is 0 Å². The maximum absolute atomic E-state index is 13.3. The molecule has 0 aliphatic heterocycles. The van der Waals surface area contributed by atoms with Crippen molar-refractivity contribution in [3.63, 3.8) is 0 Å². The fourth-order valence-electron chi connectivity index (χ4n) is 1.59. The lowest BCUT2D eigenvalue weighted by molar-refractivity contribution is 0.172. The van der Waals surface area contributed by atoms with Crippen LogP contribution in [0.3, 0.4) is 0 Å². The molecule has 0 fully saturated rings. The van der Waals surface area contributed by atoms with Crippen molar-refractivity contribution < 1.29 is 13.9 Å². The Kier molecular flexibility index (Phi) is 5.94. The van der Waals surface area contributed by atoms with Crippen molar-refractivity contribution in [2.45, 2.75) is 25.8 Å². The number of hydrogen-bond acceptors (Lipinski definition) is 3. The molecule has 0 spiro atoms. The summed E-state index contributed by atoms with van der Waals surface area (Å²) in [5.41, 5.74) is 6.55. The standard InChI is InChI=1S/C13H20FNO2/c1-10(15)6-11-7-12(14)9-13(8-11)17-5-3-4-16-2/h7-10H,3-6,15H2,1-2H3. The third kappa shape index (κ3) is 5.65. The van der Waals surface area contributed by atoms with E-state index in [1.807, 2.05) is 13.0 Å². The second kappa shape index (κ2) is 7.25. The summed E-state index contributed by atoms with van der Waals surface area (Å²) in [5.74, 6) is 0.265. The minimum atomic E-state index is -0.287. The molecule has 0 amide bonds. The molecule has 0 saturated carbocycles. The molecule has 0 bridgehead atoms. The number of rotatable bonds is 7. The monoisotopic (exact) mass is 241 g/mol. The largest absolute Gasteiger partial charge is 0.493 e. The fourth-order valence-corrected chi connectivity index (χ4v) is 1.59. The Balaban J connectivity index is 2.56. The topological polar surface area (TPSA) is 44.5 Å². The van der Waals surface area contributed by atoms with Gasteiger partial charge in [0.2, 0.25) is 0 Å². The smallest absolute Gasteiger partial charge is 0.127 e. The lowest BCUT2D eigenvalue weighted by Crippen LogP contribution is -2.17. The maximum atomic E-state index is 13.3. The Labute approximate surface area is 102 Å². The molecule has 17 heavy (non-hydrogen) atoms. The van der Waals surface area contributed by atoms with E-state index in [1.165, 1.54) is 12.1 Å². The summed E-state index contributed by atoms with van der Waals surface area (Å²) in [4.78, 5) is 0. The molecule has 1 aromatic rings. The SMILES string of the molecule is COCCCOc1cc(F)cc(CC(C)N)c1. The highest BCUT2D eigenvalue weighted by atomic mass is 19.1. The van der Waals surface area contributed by atoms with Gasteiger partial charge in [0, 0.05) is 32.2 Å². The molecule has 1 aromatic carbocycles. The zero-order valence-corrected chi connectivity index (χ0v) is 10.4. The van der Waals surface area contributed by atoms with E-state index in [0.717, 1.165) is 12.0 Å². The van der Waals surface area contributed by atoms with Gasteiger partial charge in [-0.05, 0) is 31.0 Å². The molecule has 2 N–H and O–H groups in total. The van der Waals surface area contributed by atoms with Gasteiger partial charge in [0.25, 0.3) is 0 Å². The number of methoxy groups -OCH3 is 1. The Morgan fingerprint density at radius 1 is 1.29 bits per heavy atom. The van der Waals surface area contributed by atoms with Crippen molar-refractivity contribution in [1.29, 1.82) is 0 Å². The third-order valence-corrected chi connectivity index (χ3v) is 2.25. The van der Waals surface area contributed by atoms with Crippen LogP contribution in [-0.2, 0) is 11.2 Å². The zero-order valence-electron chi connectivity index (χ0n) is 10.4. The van der Waals surface area contributed by atoms with Crippen LogP contribution in [0.25, 0.3) is 0 Å². The first-order valence-electron chi connectivity index (χ1n) is 5.78. The van der Waals surface area contributed by atoms with Crippen LogP contribution in [0.15, 0.2) is 18.2 Å². The highest BCUT2D eigenvalue weighted by Gasteiger charge is 2.04. The number of benzene rings is 1. The van der Waals surface area contributed by atoms with Crippen molar-refractivity contribution in [2.24, 2.45) is 5.73 Å². The number of hydrogen-bond donors (Lipinski definition) is 1. The van der Waals surface area contributed by atoms with Crippen LogP contribution in [0, 0.1) is 5.82 Å². The van der Waals surface area contributed by atoms with Crippen LogP contribution in [0.5, 0.6) is 5.75 Å². The zero-order chi connectivity index (χ0) is 12.7. The molecular weight excluding hydrogens is 221 g/mol. The highest BCUT2D eigenvalue weighted by molar-refractivity contribution is 5.30.